The second-order valence-corrected chi connectivity index (χ2v) is 9.52. The number of imide groups is 1. The number of carbonyl (C=O) groups is 3. The summed E-state index contributed by atoms with van der Waals surface area (Å²) >= 11 is 0.833. The summed E-state index contributed by atoms with van der Waals surface area (Å²) in [5.41, 5.74) is 1.20. The average Bonchev–Trinajstić information content (AvgIpc) is 3.09. The highest BCUT2D eigenvalue weighted by Gasteiger charge is 2.54. The van der Waals surface area contributed by atoms with Crippen molar-refractivity contribution in [2.24, 2.45) is 5.41 Å². The highest BCUT2D eigenvalue weighted by atomic mass is 32.2. The van der Waals surface area contributed by atoms with E-state index in [0.717, 1.165) is 24.9 Å². The largest absolute Gasteiger partial charge is 0.475 e. The van der Waals surface area contributed by atoms with Gasteiger partial charge in [-0.2, -0.15) is 4.98 Å². The van der Waals surface area contributed by atoms with Crippen LogP contribution < -0.4 is 15.0 Å². The molecule has 3 aliphatic heterocycles. The van der Waals surface area contributed by atoms with Gasteiger partial charge in [-0.05, 0) is 30.0 Å². The Bertz CT molecular complexity index is 1160. The van der Waals surface area contributed by atoms with E-state index < -0.39 is 11.1 Å². The molecule has 1 aromatic heterocycles. The van der Waals surface area contributed by atoms with Crippen molar-refractivity contribution in [2.75, 3.05) is 51.4 Å². The first-order valence-electron chi connectivity index (χ1n) is 10.8. The van der Waals surface area contributed by atoms with Crippen LogP contribution in [0.25, 0.3) is 6.08 Å². The molecule has 176 valence electrons. The summed E-state index contributed by atoms with van der Waals surface area (Å²) in [6.07, 6.45) is 1.55. The fourth-order valence-corrected chi connectivity index (χ4v) is 4.95. The number of amides is 3. The Kier molecular flexibility index (Phi) is 5.96. The third-order valence-electron chi connectivity index (χ3n) is 5.86. The van der Waals surface area contributed by atoms with E-state index in [-0.39, 0.29) is 16.2 Å². The number of hydrogen-bond donors (Lipinski definition) is 1. The summed E-state index contributed by atoms with van der Waals surface area (Å²) in [6, 6.07) is 10.9. The first kappa shape index (κ1) is 22.4. The lowest BCUT2D eigenvalue weighted by Crippen LogP contribution is -2.73. The summed E-state index contributed by atoms with van der Waals surface area (Å²) in [5.74, 6) is 0.442. The van der Waals surface area contributed by atoms with Gasteiger partial charge in [0.25, 0.3) is 17.1 Å². The van der Waals surface area contributed by atoms with Crippen molar-refractivity contribution in [2.45, 2.75) is 0 Å². The van der Waals surface area contributed by atoms with Crippen molar-refractivity contribution < 1.29 is 23.9 Å². The molecule has 0 atom stereocenters. The van der Waals surface area contributed by atoms with E-state index in [4.69, 9.17) is 9.47 Å². The molecule has 3 saturated heterocycles. The Morgan fingerprint density at radius 2 is 1.91 bits per heavy atom. The number of anilines is 1. The van der Waals surface area contributed by atoms with Gasteiger partial charge in [-0.1, -0.05) is 18.2 Å². The van der Waals surface area contributed by atoms with Crippen molar-refractivity contribution in [3.8, 4) is 5.88 Å². The first-order chi connectivity index (χ1) is 16.4. The Balaban J connectivity index is 1.28. The molecule has 0 bridgehead atoms. The molecule has 4 heterocycles. The molecule has 1 spiro atoms. The number of thioether (sulfide) groups is 1. The van der Waals surface area contributed by atoms with Crippen LogP contribution in [-0.4, -0.2) is 78.4 Å². The van der Waals surface area contributed by atoms with Crippen LogP contribution in [0.2, 0.25) is 0 Å². The second-order valence-electron chi connectivity index (χ2n) is 8.51. The van der Waals surface area contributed by atoms with Crippen LogP contribution in [0.3, 0.4) is 0 Å². The number of nitrogens with one attached hydrogen (secondary N) is 1. The number of nitrogens with zero attached hydrogens (tertiary/aromatic N) is 4. The minimum Gasteiger partial charge on any atom is -0.475 e. The molecule has 3 amide bonds. The highest BCUT2D eigenvalue weighted by Crippen LogP contribution is 2.42. The maximum Gasteiger partial charge on any atom is 0.290 e. The smallest absolute Gasteiger partial charge is 0.290 e. The lowest BCUT2D eigenvalue weighted by atomic mass is 9.72. The number of rotatable bonds is 7. The second kappa shape index (κ2) is 9.07. The Labute approximate surface area is 200 Å². The average molecular weight is 482 g/mol. The van der Waals surface area contributed by atoms with Crippen molar-refractivity contribution in [3.63, 3.8) is 0 Å². The van der Waals surface area contributed by atoms with Gasteiger partial charge < -0.3 is 19.3 Å². The predicted molar refractivity (Wildman–Crippen MR) is 126 cm³/mol. The van der Waals surface area contributed by atoms with Crippen LogP contribution in [0.1, 0.15) is 16.1 Å². The van der Waals surface area contributed by atoms with Crippen LogP contribution in [-0.2, 0) is 9.53 Å². The molecule has 0 unspecified atom stereocenters. The quantitative estimate of drug-likeness (QED) is 0.467. The van der Waals surface area contributed by atoms with E-state index in [2.05, 4.69) is 15.3 Å². The maximum atomic E-state index is 12.6. The summed E-state index contributed by atoms with van der Waals surface area (Å²) < 4.78 is 10.7. The Hall–Kier alpha value is -3.44. The summed E-state index contributed by atoms with van der Waals surface area (Å²) in [7, 11) is 1.58. The number of ether oxygens (including phenoxy) is 2. The fraction of sp³-hybridized carbons (Fsp3) is 0.348. The molecule has 0 saturated carbocycles. The van der Waals surface area contributed by atoms with Crippen molar-refractivity contribution in [1.29, 1.82) is 0 Å². The van der Waals surface area contributed by atoms with Gasteiger partial charge in [0.2, 0.25) is 11.8 Å². The van der Waals surface area contributed by atoms with Gasteiger partial charge in [0.1, 0.15) is 6.61 Å². The number of hydrogen-bond acceptors (Lipinski definition) is 9. The van der Waals surface area contributed by atoms with Crippen LogP contribution in [0.5, 0.6) is 5.88 Å². The monoisotopic (exact) mass is 481 g/mol. The Morgan fingerprint density at radius 1 is 1.15 bits per heavy atom. The van der Waals surface area contributed by atoms with Crippen LogP contribution in [0, 0.1) is 5.41 Å². The maximum absolute atomic E-state index is 12.6. The number of likely N-dealkylation sites (tertiary alicyclic amines) is 1. The molecular formula is C23H23N5O5S. The predicted octanol–water partition coefficient (Wildman–Crippen LogP) is 1.79. The lowest BCUT2D eigenvalue weighted by Gasteiger charge is -2.60. The minimum atomic E-state index is -0.447. The van der Waals surface area contributed by atoms with Gasteiger partial charge >= 0.3 is 0 Å². The third-order valence-corrected chi connectivity index (χ3v) is 6.68. The van der Waals surface area contributed by atoms with E-state index in [0.29, 0.717) is 49.4 Å². The SMILES string of the molecule is COCCOc1cc(/C=C2\SC(=O)NC2=O)nc(N2CC3(CN(C(=O)c4ccccc4)C3)C2)n1. The Morgan fingerprint density at radius 3 is 2.59 bits per heavy atom. The molecule has 3 aliphatic rings. The zero-order valence-corrected chi connectivity index (χ0v) is 19.3. The summed E-state index contributed by atoms with van der Waals surface area (Å²) in [6.45, 7) is 3.54. The molecular weight excluding hydrogens is 458 g/mol. The number of methoxy groups -OCH3 is 1. The van der Waals surface area contributed by atoms with Gasteiger partial charge in [0.15, 0.2) is 0 Å². The summed E-state index contributed by atoms with van der Waals surface area (Å²) in [5, 5.41) is 1.83. The molecule has 2 aromatic rings. The van der Waals surface area contributed by atoms with Gasteiger partial charge in [-0.25, -0.2) is 4.98 Å². The molecule has 34 heavy (non-hydrogen) atoms. The van der Waals surface area contributed by atoms with Gasteiger partial charge in [0.05, 0.1) is 17.2 Å². The molecule has 0 aliphatic carbocycles. The zero-order chi connectivity index (χ0) is 23.7. The fourth-order valence-electron chi connectivity index (χ4n) is 4.28. The molecule has 10 nitrogen and oxygen atoms in total. The van der Waals surface area contributed by atoms with E-state index in [1.54, 1.807) is 19.3 Å². The third kappa shape index (κ3) is 4.48. The summed E-state index contributed by atoms with van der Waals surface area (Å²) in [4.78, 5) is 49.3. The molecule has 5 rings (SSSR count). The van der Waals surface area contributed by atoms with E-state index in [1.807, 2.05) is 40.1 Å². The van der Waals surface area contributed by atoms with Crippen LogP contribution in [0.15, 0.2) is 41.3 Å². The van der Waals surface area contributed by atoms with Crippen molar-refractivity contribution in [3.05, 3.63) is 52.6 Å². The molecule has 1 aromatic carbocycles. The van der Waals surface area contributed by atoms with E-state index >= 15 is 0 Å². The van der Waals surface area contributed by atoms with Crippen LogP contribution >= 0.6 is 11.8 Å². The van der Waals surface area contributed by atoms with E-state index in [1.165, 1.54) is 0 Å². The normalized spacial score (nSPS) is 19.7. The lowest BCUT2D eigenvalue weighted by molar-refractivity contribution is -0.115. The minimum absolute atomic E-state index is 0.0347. The number of aromatic nitrogens is 2. The van der Waals surface area contributed by atoms with Crippen molar-refractivity contribution in [1.82, 2.24) is 20.2 Å². The molecule has 0 radical (unpaired) electrons. The molecule has 1 N–H and O–H groups in total. The van der Waals surface area contributed by atoms with Crippen LogP contribution in [0.4, 0.5) is 10.7 Å². The van der Waals surface area contributed by atoms with Crippen molar-refractivity contribution >= 4 is 40.8 Å². The zero-order valence-electron chi connectivity index (χ0n) is 18.5. The van der Waals surface area contributed by atoms with Gasteiger partial charge in [-0.15, -0.1) is 0 Å². The van der Waals surface area contributed by atoms with Gasteiger partial charge in [-0.3, -0.25) is 19.7 Å². The molecule has 3 fully saturated rings. The standard InChI is InChI=1S/C23H23N5O5S/c1-32-7-8-33-18-10-16(9-17-19(29)26-22(31)34-17)24-21(25-18)28-13-23(14-28)11-27(12-23)20(30)15-5-3-2-4-6-15/h2-6,9-10H,7-8,11-14H2,1H3,(H,26,29,31)/b17-9-. The first-order valence-corrected chi connectivity index (χ1v) is 11.6. The topological polar surface area (TPSA) is 114 Å². The van der Waals surface area contributed by atoms with E-state index in [9.17, 15) is 14.4 Å². The molecule has 11 heteroatoms. The highest BCUT2D eigenvalue weighted by molar-refractivity contribution is 8.18. The number of carbonyl (C=O) groups excluding carboxylic acids is 3. The van der Waals surface area contributed by atoms with Gasteiger partial charge in [0, 0.05) is 50.3 Å². The number of benzene rings is 1.